The Morgan fingerprint density at radius 3 is 2.51 bits per heavy atom. The van der Waals surface area contributed by atoms with Crippen LogP contribution in [0.2, 0.25) is 5.02 Å². The molecule has 7 nitrogen and oxygen atoms in total. The number of amides is 1. The number of carbonyl (C=O) groups is 1. The highest BCUT2D eigenvalue weighted by Gasteiger charge is 2.23. The Morgan fingerprint density at radius 2 is 1.76 bits per heavy atom. The fraction of sp³-hybridized carbons (Fsp3) is 0.111. The quantitative estimate of drug-likeness (QED) is 0.252. The van der Waals surface area contributed by atoms with Gasteiger partial charge in [0, 0.05) is 11.3 Å². The standard InChI is InChI=1S/C27H21ClN4O3S2/c1-16-7-12-22-23(13-16)36-26(31-22)18-8-10-20(11-9-18)30-25(33)24-21(28)14-29-27(32-24)37(34,35)15-19-6-4-3-5-17(19)2/h3-14H,15H2,1-2H3,(H,30,33). The molecule has 0 saturated heterocycles. The van der Waals surface area contributed by atoms with Crippen LogP contribution < -0.4 is 5.32 Å². The summed E-state index contributed by atoms with van der Waals surface area (Å²) in [4.78, 5) is 25.5. The molecule has 0 bridgehead atoms. The second-order valence-corrected chi connectivity index (χ2v) is 11.9. The number of fused-ring (bicyclic) bond motifs is 1. The number of benzene rings is 3. The van der Waals surface area contributed by atoms with Crippen molar-refractivity contribution < 1.29 is 13.2 Å². The Bertz CT molecular complexity index is 1750. The van der Waals surface area contributed by atoms with E-state index in [4.69, 9.17) is 11.6 Å². The summed E-state index contributed by atoms with van der Waals surface area (Å²) in [7, 11) is -3.90. The number of hydrogen-bond acceptors (Lipinski definition) is 7. The van der Waals surface area contributed by atoms with Gasteiger partial charge in [0.1, 0.15) is 5.01 Å². The smallest absolute Gasteiger partial charge is 0.275 e. The molecule has 0 saturated carbocycles. The molecule has 0 atom stereocenters. The molecule has 10 heteroatoms. The molecule has 5 aromatic rings. The monoisotopic (exact) mass is 548 g/mol. The second-order valence-electron chi connectivity index (χ2n) is 8.56. The van der Waals surface area contributed by atoms with Gasteiger partial charge < -0.3 is 5.32 Å². The average molecular weight is 549 g/mol. The molecule has 0 unspecified atom stereocenters. The summed E-state index contributed by atoms with van der Waals surface area (Å²) in [6, 6.07) is 20.5. The van der Waals surface area contributed by atoms with E-state index in [9.17, 15) is 13.2 Å². The third-order valence-electron chi connectivity index (χ3n) is 5.76. The lowest BCUT2D eigenvalue weighted by Gasteiger charge is -2.09. The van der Waals surface area contributed by atoms with Gasteiger partial charge in [0.15, 0.2) is 5.69 Å². The largest absolute Gasteiger partial charge is 0.321 e. The van der Waals surface area contributed by atoms with Crippen molar-refractivity contribution in [3.63, 3.8) is 0 Å². The van der Waals surface area contributed by atoms with Crippen molar-refractivity contribution in [1.82, 2.24) is 15.0 Å². The minimum atomic E-state index is -3.90. The fourth-order valence-corrected chi connectivity index (χ4v) is 6.30. The van der Waals surface area contributed by atoms with Crippen LogP contribution >= 0.6 is 22.9 Å². The van der Waals surface area contributed by atoms with Crippen molar-refractivity contribution in [1.29, 1.82) is 0 Å². The highest BCUT2D eigenvalue weighted by atomic mass is 35.5. The van der Waals surface area contributed by atoms with E-state index in [-0.39, 0.29) is 16.5 Å². The van der Waals surface area contributed by atoms with Crippen LogP contribution in [0.4, 0.5) is 5.69 Å². The summed E-state index contributed by atoms with van der Waals surface area (Å²) in [6.45, 7) is 3.87. The van der Waals surface area contributed by atoms with Crippen LogP contribution in [0.3, 0.4) is 0 Å². The Balaban J connectivity index is 1.35. The molecule has 0 fully saturated rings. The van der Waals surface area contributed by atoms with E-state index < -0.39 is 20.9 Å². The van der Waals surface area contributed by atoms with Crippen molar-refractivity contribution >= 4 is 54.6 Å². The van der Waals surface area contributed by atoms with E-state index in [1.54, 1.807) is 35.6 Å². The first-order valence-corrected chi connectivity index (χ1v) is 14.1. The van der Waals surface area contributed by atoms with Crippen LogP contribution in [0.15, 0.2) is 78.1 Å². The number of aromatic nitrogens is 3. The maximum Gasteiger partial charge on any atom is 0.275 e. The van der Waals surface area contributed by atoms with Gasteiger partial charge in [-0.05, 0) is 66.9 Å². The number of rotatable bonds is 6. The zero-order chi connectivity index (χ0) is 26.2. The highest BCUT2D eigenvalue weighted by Crippen LogP contribution is 2.31. The summed E-state index contributed by atoms with van der Waals surface area (Å²) in [5, 5.41) is 3.10. The number of hydrogen-bond donors (Lipinski definition) is 1. The van der Waals surface area contributed by atoms with E-state index in [1.165, 1.54) is 5.56 Å². The van der Waals surface area contributed by atoms with Gasteiger partial charge in [-0.25, -0.2) is 23.4 Å². The average Bonchev–Trinajstić information content (AvgIpc) is 3.29. The number of nitrogens with one attached hydrogen (secondary N) is 1. The predicted octanol–water partition coefficient (Wildman–Crippen LogP) is 6.25. The molecular formula is C27H21ClN4O3S2. The van der Waals surface area contributed by atoms with Crippen LogP contribution in [-0.2, 0) is 15.6 Å². The zero-order valence-corrected chi connectivity index (χ0v) is 22.3. The predicted molar refractivity (Wildman–Crippen MR) is 147 cm³/mol. The molecule has 0 aliphatic carbocycles. The molecule has 1 N–H and O–H groups in total. The first-order valence-electron chi connectivity index (χ1n) is 11.3. The van der Waals surface area contributed by atoms with Crippen LogP contribution in [0.1, 0.15) is 27.2 Å². The third kappa shape index (κ3) is 5.39. The number of thiazole rings is 1. The normalized spacial score (nSPS) is 11.5. The van der Waals surface area contributed by atoms with Gasteiger partial charge in [0.05, 0.1) is 27.2 Å². The first-order chi connectivity index (χ1) is 17.7. The number of sulfone groups is 1. The van der Waals surface area contributed by atoms with Gasteiger partial charge in [-0.15, -0.1) is 11.3 Å². The van der Waals surface area contributed by atoms with E-state index in [1.807, 2.05) is 50.2 Å². The van der Waals surface area contributed by atoms with E-state index in [2.05, 4.69) is 26.3 Å². The minimum absolute atomic E-state index is 0.0475. The number of aryl methyl sites for hydroxylation is 2. The van der Waals surface area contributed by atoms with Gasteiger partial charge in [-0.1, -0.05) is 41.9 Å². The highest BCUT2D eigenvalue weighted by molar-refractivity contribution is 7.90. The molecule has 0 spiro atoms. The molecule has 186 valence electrons. The summed E-state index contributed by atoms with van der Waals surface area (Å²) in [5.41, 5.74) is 4.79. The van der Waals surface area contributed by atoms with Gasteiger partial charge in [0.25, 0.3) is 5.91 Å². The minimum Gasteiger partial charge on any atom is -0.321 e. The Morgan fingerprint density at radius 1 is 1.00 bits per heavy atom. The maximum atomic E-state index is 12.9. The SMILES string of the molecule is Cc1ccc2nc(-c3ccc(NC(=O)c4nc(S(=O)(=O)Cc5ccccc5C)ncc4Cl)cc3)sc2c1. The lowest BCUT2D eigenvalue weighted by atomic mass is 10.1. The van der Waals surface area contributed by atoms with Crippen molar-refractivity contribution in [2.24, 2.45) is 0 Å². The second kappa shape index (κ2) is 10.0. The van der Waals surface area contributed by atoms with Crippen molar-refractivity contribution in [2.75, 3.05) is 5.32 Å². The number of nitrogens with zero attached hydrogens (tertiary/aromatic N) is 3. The van der Waals surface area contributed by atoms with Crippen molar-refractivity contribution in [2.45, 2.75) is 24.8 Å². The Labute approximate surface area is 223 Å². The summed E-state index contributed by atoms with van der Waals surface area (Å²) >= 11 is 7.76. The molecule has 1 amide bonds. The maximum absolute atomic E-state index is 12.9. The van der Waals surface area contributed by atoms with Crippen molar-refractivity contribution in [3.05, 3.63) is 100 Å². The fourth-order valence-electron chi connectivity index (χ4n) is 3.74. The van der Waals surface area contributed by atoms with E-state index >= 15 is 0 Å². The van der Waals surface area contributed by atoms with Gasteiger partial charge in [-0.2, -0.15) is 0 Å². The summed E-state index contributed by atoms with van der Waals surface area (Å²) in [5.74, 6) is -0.919. The van der Waals surface area contributed by atoms with E-state index in [0.29, 0.717) is 11.3 Å². The number of carbonyl (C=O) groups excluding carboxylic acids is 1. The molecule has 37 heavy (non-hydrogen) atoms. The summed E-state index contributed by atoms with van der Waals surface area (Å²) < 4.78 is 27.0. The molecule has 0 aliphatic rings. The molecule has 2 heterocycles. The molecular weight excluding hydrogens is 528 g/mol. The van der Waals surface area contributed by atoms with Crippen molar-refractivity contribution in [3.8, 4) is 10.6 Å². The van der Waals surface area contributed by atoms with E-state index in [0.717, 1.165) is 32.5 Å². The van der Waals surface area contributed by atoms with Gasteiger partial charge in [-0.3, -0.25) is 4.79 Å². The molecule has 3 aromatic carbocycles. The van der Waals surface area contributed by atoms with Crippen LogP contribution in [-0.4, -0.2) is 29.3 Å². The lowest BCUT2D eigenvalue weighted by Crippen LogP contribution is -2.18. The Hall–Kier alpha value is -3.66. The Kier molecular flexibility index (Phi) is 6.76. The number of halogens is 1. The molecule has 2 aromatic heterocycles. The zero-order valence-electron chi connectivity index (χ0n) is 19.9. The molecule has 0 aliphatic heterocycles. The van der Waals surface area contributed by atoms with Gasteiger partial charge in [0.2, 0.25) is 15.0 Å². The van der Waals surface area contributed by atoms with Crippen LogP contribution in [0.25, 0.3) is 20.8 Å². The summed E-state index contributed by atoms with van der Waals surface area (Å²) in [6.07, 6.45) is 1.13. The first kappa shape index (κ1) is 25.0. The molecule has 0 radical (unpaired) electrons. The third-order valence-corrected chi connectivity index (χ3v) is 8.54. The number of anilines is 1. The lowest BCUT2D eigenvalue weighted by molar-refractivity contribution is 0.102. The topological polar surface area (TPSA) is 102 Å². The van der Waals surface area contributed by atoms with Gasteiger partial charge >= 0.3 is 0 Å². The molecule has 5 rings (SSSR count). The van der Waals surface area contributed by atoms with Crippen LogP contribution in [0.5, 0.6) is 0 Å². The van der Waals surface area contributed by atoms with Crippen LogP contribution in [0, 0.1) is 13.8 Å².